The summed E-state index contributed by atoms with van der Waals surface area (Å²) in [4.78, 5) is 37.5. The molecule has 0 amide bonds. The first-order chi connectivity index (χ1) is 15.0. The lowest BCUT2D eigenvalue weighted by molar-refractivity contribution is 0.617. The van der Waals surface area contributed by atoms with E-state index in [9.17, 15) is 9.18 Å². The molecule has 5 aromatic rings. The Labute approximate surface area is 179 Å². The van der Waals surface area contributed by atoms with Crippen LogP contribution in [0.3, 0.4) is 0 Å². The van der Waals surface area contributed by atoms with Crippen LogP contribution >= 0.6 is 11.6 Å². The summed E-state index contributed by atoms with van der Waals surface area (Å²) in [6.45, 7) is 1.81. The van der Waals surface area contributed by atoms with Crippen molar-refractivity contribution in [3.8, 4) is 5.69 Å². The molecule has 31 heavy (non-hydrogen) atoms. The fourth-order valence-electron chi connectivity index (χ4n) is 3.41. The van der Waals surface area contributed by atoms with Crippen molar-refractivity contribution in [3.63, 3.8) is 0 Å². The van der Waals surface area contributed by atoms with Gasteiger partial charge in [0, 0.05) is 6.07 Å². The number of fused-ring (bicyclic) bond motifs is 2. The van der Waals surface area contributed by atoms with Gasteiger partial charge < -0.3 is 10.3 Å². The zero-order valence-electron chi connectivity index (χ0n) is 16.0. The molecule has 4 heterocycles. The number of halogens is 2. The van der Waals surface area contributed by atoms with E-state index in [0.717, 1.165) is 6.20 Å². The van der Waals surface area contributed by atoms with Crippen LogP contribution in [-0.4, -0.2) is 34.5 Å². The maximum atomic E-state index is 13.9. The van der Waals surface area contributed by atoms with E-state index in [4.69, 9.17) is 11.6 Å². The van der Waals surface area contributed by atoms with Gasteiger partial charge in [-0.15, -0.1) is 0 Å². The van der Waals surface area contributed by atoms with Gasteiger partial charge in [0.1, 0.15) is 23.5 Å². The summed E-state index contributed by atoms with van der Waals surface area (Å²) in [6.07, 6.45) is 5.36. The summed E-state index contributed by atoms with van der Waals surface area (Å²) in [5, 5.41) is 3.71. The normalized spacial score (nSPS) is 12.4. The number of nitrogens with zero attached hydrogens (tertiary/aromatic N) is 6. The van der Waals surface area contributed by atoms with Gasteiger partial charge >= 0.3 is 0 Å². The highest BCUT2D eigenvalue weighted by molar-refractivity contribution is 6.35. The van der Waals surface area contributed by atoms with Crippen LogP contribution in [0.4, 0.5) is 10.2 Å². The van der Waals surface area contributed by atoms with Gasteiger partial charge in [-0.05, 0) is 19.1 Å². The van der Waals surface area contributed by atoms with Crippen molar-refractivity contribution in [3.05, 3.63) is 76.3 Å². The van der Waals surface area contributed by atoms with E-state index >= 15 is 0 Å². The minimum absolute atomic E-state index is 0.232. The summed E-state index contributed by atoms with van der Waals surface area (Å²) in [5.41, 5.74) is 1.33. The van der Waals surface area contributed by atoms with Gasteiger partial charge in [0.15, 0.2) is 11.5 Å². The molecular weight excluding hydrogens is 423 g/mol. The average molecular weight is 437 g/mol. The van der Waals surface area contributed by atoms with E-state index in [0.29, 0.717) is 28.3 Å². The van der Waals surface area contributed by atoms with Crippen molar-refractivity contribution < 1.29 is 4.39 Å². The largest absolute Gasteiger partial charge is 0.358 e. The van der Waals surface area contributed by atoms with Crippen LogP contribution in [0.15, 0.2) is 54.1 Å². The number of aromatic amines is 1. The third-order valence-electron chi connectivity index (χ3n) is 4.78. The van der Waals surface area contributed by atoms with E-state index < -0.39 is 17.4 Å². The van der Waals surface area contributed by atoms with Crippen molar-refractivity contribution in [2.24, 2.45) is 0 Å². The lowest BCUT2D eigenvalue weighted by Crippen LogP contribution is -2.28. The Morgan fingerprint density at radius 3 is 2.94 bits per heavy atom. The van der Waals surface area contributed by atoms with Gasteiger partial charge in [0.2, 0.25) is 0 Å². The van der Waals surface area contributed by atoms with Crippen LogP contribution in [-0.2, 0) is 0 Å². The molecule has 0 saturated carbocycles. The Morgan fingerprint density at radius 1 is 1.23 bits per heavy atom. The number of imidazole rings is 1. The van der Waals surface area contributed by atoms with Crippen molar-refractivity contribution in [1.82, 2.24) is 34.5 Å². The highest BCUT2D eigenvalue weighted by Crippen LogP contribution is 2.25. The molecule has 0 aliphatic rings. The summed E-state index contributed by atoms with van der Waals surface area (Å²) in [5.74, 6) is 0.210. The maximum Gasteiger partial charge on any atom is 0.267 e. The Hall–Kier alpha value is -3.92. The summed E-state index contributed by atoms with van der Waals surface area (Å²) >= 11 is 6.28. The van der Waals surface area contributed by atoms with E-state index in [2.05, 4.69) is 35.2 Å². The molecule has 4 aromatic heterocycles. The molecular formula is C20H14ClFN8O. The summed E-state index contributed by atoms with van der Waals surface area (Å²) in [6, 6.07) is 5.71. The molecule has 0 spiro atoms. The van der Waals surface area contributed by atoms with Crippen molar-refractivity contribution >= 4 is 39.5 Å². The Morgan fingerprint density at radius 2 is 2.10 bits per heavy atom. The van der Waals surface area contributed by atoms with Crippen LogP contribution < -0.4 is 10.9 Å². The number of nitrogens with one attached hydrogen (secondary N) is 2. The number of hydrogen-bond donors (Lipinski definition) is 2. The first-order valence-electron chi connectivity index (χ1n) is 9.25. The molecule has 1 aromatic carbocycles. The number of H-pyrrole nitrogens is 1. The fourth-order valence-corrected chi connectivity index (χ4v) is 3.66. The van der Waals surface area contributed by atoms with Gasteiger partial charge in [-0.1, -0.05) is 17.7 Å². The van der Waals surface area contributed by atoms with Crippen LogP contribution in [0.25, 0.3) is 27.8 Å². The number of anilines is 1. The maximum absolute atomic E-state index is 13.9. The number of benzene rings is 1. The second kappa shape index (κ2) is 7.40. The Kier molecular flexibility index (Phi) is 4.55. The lowest BCUT2D eigenvalue weighted by atomic mass is 10.2. The van der Waals surface area contributed by atoms with E-state index in [1.54, 1.807) is 18.2 Å². The SMILES string of the molecule is C[C@@H](Nc1ncnc2[nH]cnc12)c1nc2cccc(Cl)c2c(=O)n1-c1cncc(F)c1. The molecule has 0 unspecified atom stereocenters. The molecule has 0 aliphatic carbocycles. The minimum atomic E-state index is -0.579. The van der Waals surface area contributed by atoms with Crippen molar-refractivity contribution in [1.29, 1.82) is 0 Å². The van der Waals surface area contributed by atoms with Crippen LogP contribution in [0.1, 0.15) is 18.8 Å². The zero-order valence-corrected chi connectivity index (χ0v) is 16.8. The monoisotopic (exact) mass is 436 g/mol. The number of rotatable bonds is 4. The second-order valence-electron chi connectivity index (χ2n) is 6.79. The van der Waals surface area contributed by atoms with Crippen LogP contribution in [0.2, 0.25) is 5.02 Å². The quantitative estimate of drug-likeness (QED) is 0.443. The number of aromatic nitrogens is 7. The minimum Gasteiger partial charge on any atom is -0.358 e. The Bertz CT molecular complexity index is 1500. The number of hydrogen-bond acceptors (Lipinski definition) is 7. The third-order valence-corrected chi connectivity index (χ3v) is 5.09. The second-order valence-corrected chi connectivity index (χ2v) is 7.20. The molecule has 11 heteroatoms. The first kappa shape index (κ1) is 19.1. The predicted molar refractivity (Wildman–Crippen MR) is 114 cm³/mol. The predicted octanol–water partition coefficient (Wildman–Crippen LogP) is 3.41. The molecule has 0 aliphatic heterocycles. The standard InChI is InChI=1S/C20H14ClFN8O/c1-10(28-18-16-17(25-8-24-16)26-9-27-18)19-29-14-4-2-3-13(21)15(14)20(31)30(19)12-5-11(22)6-23-7-12/h2-10H,1H3,(H2,24,25,26,27,28)/t10-/m1/s1. The third kappa shape index (κ3) is 3.26. The molecule has 1 atom stereocenters. The Balaban J connectivity index is 1.72. The van der Waals surface area contributed by atoms with Gasteiger partial charge in [0.05, 0.1) is 46.4 Å². The summed E-state index contributed by atoms with van der Waals surface area (Å²) in [7, 11) is 0. The molecule has 2 N–H and O–H groups in total. The summed E-state index contributed by atoms with van der Waals surface area (Å²) < 4.78 is 15.2. The van der Waals surface area contributed by atoms with Crippen LogP contribution in [0.5, 0.6) is 0 Å². The van der Waals surface area contributed by atoms with E-state index in [-0.39, 0.29) is 16.1 Å². The molecule has 0 radical (unpaired) electrons. The zero-order chi connectivity index (χ0) is 21.5. The topological polar surface area (TPSA) is 114 Å². The molecule has 154 valence electrons. The fraction of sp³-hybridized carbons (Fsp3) is 0.100. The highest BCUT2D eigenvalue weighted by atomic mass is 35.5. The molecule has 0 fully saturated rings. The van der Waals surface area contributed by atoms with E-state index in [1.807, 2.05) is 6.92 Å². The van der Waals surface area contributed by atoms with Crippen molar-refractivity contribution in [2.45, 2.75) is 13.0 Å². The van der Waals surface area contributed by atoms with Gasteiger partial charge in [-0.2, -0.15) is 0 Å². The van der Waals surface area contributed by atoms with Crippen LogP contribution in [0, 0.1) is 5.82 Å². The van der Waals surface area contributed by atoms with Crippen molar-refractivity contribution in [2.75, 3.05) is 5.32 Å². The molecule has 9 nitrogen and oxygen atoms in total. The molecule has 0 saturated heterocycles. The molecule has 5 rings (SSSR count). The smallest absolute Gasteiger partial charge is 0.267 e. The lowest BCUT2D eigenvalue weighted by Gasteiger charge is -2.20. The first-order valence-corrected chi connectivity index (χ1v) is 9.63. The van der Waals surface area contributed by atoms with E-state index in [1.165, 1.54) is 29.5 Å². The highest BCUT2D eigenvalue weighted by Gasteiger charge is 2.21. The molecule has 0 bridgehead atoms. The van der Waals surface area contributed by atoms with Gasteiger partial charge in [-0.3, -0.25) is 14.3 Å². The van der Waals surface area contributed by atoms with Gasteiger partial charge in [0.25, 0.3) is 5.56 Å². The average Bonchev–Trinajstić information content (AvgIpc) is 3.23. The van der Waals surface area contributed by atoms with Gasteiger partial charge in [-0.25, -0.2) is 24.3 Å². The number of pyridine rings is 1.